The monoisotopic (exact) mass is 462 g/mol. The molecule has 3 heteroatoms. The predicted octanol–water partition coefficient (Wildman–Crippen LogP) is 7.52. The average molecular weight is 463 g/mol. The Morgan fingerprint density at radius 1 is 0.515 bits per heavy atom. The van der Waals surface area contributed by atoms with Crippen LogP contribution in [0.15, 0.2) is 48.5 Å². The van der Waals surface area contributed by atoms with Crippen molar-refractivity contribution in [2.75, 3.05) is 11.5 Å². The molecule has 0 heterocycles. The summed E-state index contributed by atoms with van der Waals surface area (Å²) < 4.78 is 0. The fourth-order valence-corrected chi connectivity index (χ4v) is 4.15. The molecule has 176 valence electrons. The van der Waals surface area contributed by atoms with Gasteiger partial charge in [0.2, 0.25) is 0 Å². The van der Waals surface area contributed by atoms with Crippen LogP contribution in [0.25, 0.3) is 0 Å². The molecule has 2 N–H and O–H groups in total. The maximum Gasteiger partial charge on any atom is 0.118 e. The van der Waals surface area contributed by atoms with Gasteiger partial charge in [-0.05, 0) is 61.8 Å². The first-order chi connectivity index (χ1) is 16.3. The topological polar surface area (TPSA) is 40.5 Å². The van der Waals surface area contributed by atoms with Gasteiger partial charge in [-0.25, -0.2) is 0 Å². The van der Waals surface area contributed by atoms with E-state index in [0.717, 1.165) is 74.0 Å². The van der Waals surface area contributed by atoms with E-state index in [4.69, 9.17) is 0 Å². The first kappa shape index (κ1) is 26.8. The van der Waals surface area contributed by atoms with Crippen molar-refractivity contribution < 1.29 is 10.2 Å². The number of rotatable bonds is 14. The van der Waals surface area contributed by atoms with Crippen LogP contribution in [-0.2, 0) is 12.8 Å². The highest BCUT2D eigenvalue weighted by molar-refractivity contribution is 7.99. The summed E-state index contributed by atoms with van der Waals surface area (Å²) in [6.45, 7) is 0. The molecule has 2 aromatic carbocycles. The van der Waals surface area contributed by atoms with E-state index < -0.39 is 0 Å². The maximum atomic E-state index is 9.76. The van der Waals surface area contributed by atoms with Crippen molar-refractivity contribution in [1.82, 2.24) is 0 Å². The van der Waals surface area contributed by atoms with E-state index in [1.54, 1.807) is 23.9 Å². The third kappa shape index (κ3) is 13.0. The van der Waals surface area contributed by atoms with E-state index in [1.807, 2.05) is 36.4 Å². The van der Waals surface area contributed by atoms with Crippen LogP contribution in [0, 0.1) is 23.7 Å². The van der Waals surface area contributed by atoms with Gasteiger partial charge in [-0.2, -0.15) is 0 Å². The lowest BCUT2D eigenvalue weighted by atomic mass is 10.0. The molecule has 0 spiro atoms. The number of para-hydroxylation sites is 2. The standard InChI is InChI=1S/C30H38O2S/c31-29-23-15-13-21-27(29)19-11-7-3-1-5-9-17-25-33-26-18-10-6-2-4-8-12-20-28-22-14-16-24-30(28)32/h13-16,21-24,31-32H,1-8,11-12,19-20,25-26H2. The van der Waals surface area contributed by atoms with Crippen molar-refractivity contribution in [2.45, 2.75) is 77.0 Å². The molecule has 33 heavy (non-hydrogen) atoms. The van der Waals surface area contributed by atoms with E-state index in [0.29, 0.717) is 11.5 Å². The molecule has 0 radical (unpaired) electrons. The van der Waals surface area contributed by atoms with E-state index in [-0.39, 0.29) is 0 Å². The molecule has 0 unspecified atom stereocenters. The zero-order valence-corrected chi connectivity index (χ0v) is 20.6. The van der Waals surface area contributed by atoms with Crippen LogP contribution in [-0.4, -0.2) is 21.7 Å². The average Bonchev–Trinajstić information content (AvgIpc) is 2.82. The minimum absolute atomic E-state index is 0.419. The highest BCUT2D eigenvalue weighted by Crippen LogP contribution is 2.19. The van der Waals surface area contributed by atoms with Crippen LogP contribution in [0.5, 0.6) is 11.5 Å². The number of aryl methyl sites for hydroxylation is 2. The van der Waals surface area contributed by atoms with Gasteiger partial charge in [0, 0.05) is 12.8 Å². The Kier molecular flexibility index (Phi) is 14.6. The molecule has 0 fully saturated rings. The summed E-state index contributed by atoms with van der Waals surface area (Å²) >= 11 is 1.80. The molecule has 0 aliphatic heterocycles. The molecule has 0 amide bonds. The van der Waals surface area contributed by atoms with Crippen molar-refractivity contribution in [3.63, 3.8) is 0 Å². The van der Waals surface area contributed by atoms with Crippen molar-refractivity contribution in [2.24, 2.45) is 0 Å². The summed E-state index contributed by atoms with van der Waals surface area (Å²) in [5, 5.41) is 19.5. The van der Waals surface area contributed by atoms with Gasteiger partial charge < -0.3 is 10.2 Å². The first-order valence-corrected chi connectivity index (χ1v) is 13.5. The summed E-state index contributed by atoms with van der Waals surface area (Å²) in [5.41, 5.74) is 2.11. The van der Waals surface area contributed by atoms with Crippen LogP contribution in [0.2, 0.25) is 0 Å². The number of hydrogen-bond donors (Lipinski definition) is 2. The number of aromatic hydroxyl groups is 2. The lowest BCUT2D eigenvalue weighted by Gasteiger charge is -2.03. The summed E-state index contributed by atoms with van der Waals surface area (Å²) in [4.78, 5) is 0. The van der Waals surface area contributed by atoms with Gasteiger partial charge in [0.05, 0.1) is 11.5 Å². The van der Waals surface area contributed by atoms with Crippen LogP contribution in [0.4, 0.5) is 0 Å². The Labute approximate surface area is 205 Å². The molecule has 0 saturated heterocycles. The van der Waals surface area contributed by atoms with Gasteiger partial charge in [0.15, 0.2) is 0 Å². The molecule has 2 nitrogen and oxygen atoms in total. The van der Waals surface area contributed by atoms with Gasteiger partial charge in [0.1, 0.15) is 11.5 Å². The number of phenols is 2. The fraction of sp³-hybridized carbons (Fsp3) is 0.467. The molecule has 0 aliphatic rings. The smallest absolute Gasteiger partial charge is 0.118 e. The molecule has 0 saturated carbocycles. The van der Waals surface area contributed by atoms with Gasteiger partial charge >= 0.3 is 0 Å². The van der Waals surface area contributed by atoms with Gasteiger partial charge in [-0.1, -0.05) is 73.9 Å². The molecule has 0 bridgehead atoms. The molecule has 0 atom stereocenters. The van der Waals surface area contributed by atoms with E-state index in [1.165, 1.54) is 25.7 Å². The summed E-state index contributed by atoms with van der Waals surface area (Å²) in [6.07, 6.45) is 13.2. The summed E-state index contributed by atoms with van der Waals surface area (Å²) in [5.74, 6) is 15.6. The van der Waals surface area contributed by atoms with Crippen LogP contribution in [0.1, 0.15) is 75.3 Å². The van der Waals surface area contributed by atoms with Crippen LogP contribution < -0.4 is 0 Å². The van der Waals surface area contributed by atoms with Gasteiger partial charge in [0.25, 0.3) is 0 Å². The molecule has 0 aromatic heterocycles. The highest BCUT2D eigenvalue weighted by atomic mass is 32.2. The van der Waals surface area contributed by atoms with Gasteiger partial charge in [-0.3, -0.25) is 0 Å². The highest BCUT2D eigenvalue weighted by Gasteiger charge is 1.99. The third-order valence-corrected chi connectivity index (χ3v) is 6.27. The Morgan fingerprint density at radius 3 is 1.39 bits per heavy atom. The lowest BCUT2D eigenvalue weighted by Crippen LogP contribution is -1.86. The molecular weight excluding hydrogens is 424 g/mol. The summed E-state index contributed by atoms with van der Waals surface area (Å²) in [6, 6.07) is 15.2. The number of benzene rings is 2. The number of hydrogen-bond acceptors (Lipinski definition) is 3. The van der Waals surface area contributed by atoms with Crippen molar-refractivity contribution in [1.29, 1.82) is 0 Å². The minimum Gasteiger partial charge on any atom is -0.508 e. The molecular formula is C30H38O2S. The van der Waals surface area contributed by atoms with Crippen molar-refractivity contribution >= 4 is 11.8 Å². The Hall–Kier alpha value is -2.49. The molecule has 2 rings (SSSR count). The normalized spacial score (nSPS) is 10.2. The number of thioether (sulfide) groups is 1. The second-order valence-corrected chi connectivity index (χ2v) is 9.27. The van der Waals surface area contributed by atoms with E-state index in [9.17, 15) is 10.2 Å². The first-order valence-electron chi connectivity index (χ1n) is 12.3. The largest absolute Gasteiger partial charge is 0.508 e. The zero-order valence-electron chi connectivity index (χ0n) is 19.8. The van der Waals surface area contributed by atoms with E-state index >= 15 is 0 Å². The number of phenolic OH excluding ortho intramolecular Hbond substituents is 2. The predicted molar refractivity (Wildman–Crippen MR) is 143 cm³/mol. The zero-order chi connectivity index (χ0) is 23.4. The van der Waals surface area contributed by atoms with Gasteiger partial charge in [-0.15, -0.1) is 23.6 Å². The number of unbranched alkanes of at least 4 members (excludes halogenated alkanes) is 8. The van der Waals surface area contributed by atoms with Crippen molar-refractivity contribution in [3.8, 4) is 35.2 Å². The maximum absolute atomic E-state index is 9.76. The van der Waals surface area contributed by atoms with Crippen LogP contribution >= 0.6 is 11.8 Å². The van der Waals surface area contributed by atoms with Crippen LogP contribution in [0.3, 0.4) is 0 Å². The fourth-order valence-electron chi connectivity index (χ4n) is 3.64. The Balaban J connectivity index is 1.34. The Bertz CT molecular complexity index is 838. The van der Waals surface area contributed by atoms with E-state index in [2.05, 4.69) is 23.7 Å². The second kappa shape index (κ2) is 18.0. The quantitative estimate of drug-likeness (QED) is 0.225. The molecule has 0 aliphatic carbocycles. The SMILES string of the molecule is Oc1ccccc1CCCCCCC#CCSCC#CCCCCCCc1ccccc1O. The van der Waals surface area contributed by atoms with Crippen molar-refractivity contribution in [3.05, 3.63) is 59.7 Å². The minimum atomic E-state index is 0.419. The third-order valence-electron chi connectivity index (χ3n) is 5.58. The summed E-state index contributed by atoms with van der Waals surface area (Å²) in [7, 11) is 0. The molecule has 2 aromatic rings. The Morgan fingerprint density at radius 2 is 0.939 bits per heavy atom. The second-order valence-electron chi connectivity index (χ2n) is 8.29. The lowest BCUT2D eigenvalue weighted by molar-refractivity contribution is 0.465.